The van der Waals surface area contributed by atoms with Gasteiger partial charge in [-0.05, 0) is 23.8 Å². The van der Waals surface area contributed by atoms with Gasteiger partial charge in [0.05, 0.1) is 18.4 Å². The fourth-order valence-corrected chi connectivity index (χ4v) is 3.42. The molecule has 0 aliphatic heterocycles. The molecule has 2 aromatic carbocycles. The first-order chi connectivity index (χ1) is 11.4. The Morgan fingerprint density at radius 3 is 2.62 bits per heavy atom. The third-order valence-corrected chi connectivity index (χ3v) is 4.91. The number of anilines is 1. The van der Waals surface area contributed by atoms with Crippen molar-refractivity contribution in [1.29, 1.82) is 0 Å². The Bertz CT molecular complexity index is 958. The van der Waals surface area contributed by atoms with E-state index in [0.29, 0.717) is 6.54 Å². The van der Waals surface area contributed by atoms with E-state index in [-0.39, 0.29) is 10.7 Å². The molecule has 0 saturated carbocycles. The van der Waals surface area contributed by atoms with Gasteiger partial charge in [-0.1, -0.05) is 41.9 Å². The van der Waals surface area contributed by atoms with Crippen LogP contribution in [0.25, 0.3) is 0 Å². The zero-order valence-electron chi connectivity index (χ0n) is 12.4. The first-order valence-corrected chi connectivity index (χ1v) is 8.84. The van der Waals surface area contributed by atoms with Gasteiger partial charge < -0.3 is 0 Å². The van der Waals surface area contributed by atoms with Gasteiger partial charge in [0.2, 0.25) is 0 Å². The molecule has 0 bridgehead atoms. The van der Waals surface area contributed by atoms with Crippen LogP contribution in [0.2, 0.25) is 5.02 Å². The normalized spacial score (nSPS) is 11.4. The zero-order chi connectivity index (χ0) is 17.2. The second kappa shape index (κ2) is 6.62. The average molecular weight is 366 g/mol. The van der Waals surface area contributed by atoms with E-state index in [0.717, 1.165) is 17.7 Å². The Hall–Kier alpha value is -2.38. The van der Waals surface area contributed by atoms with Gasteiger partial charge in [-0.25, -0.2) is 12.8 Å². The summed E-state index contributed by atoms with van der Waals surface area (Å²) in [6, 6.07) is 13.0. The van der Waals surface area contributed by atoms with E-state index in [2.05, 4.69) is 9.82 Å². The second-order valence-corrected chi connectivity index (χ2v) is 7.18. The molecule has 1 aromatic heterocycles. The SMILES string of the molecule is O=S(=O)(Nc1cnn(Cc2ccccc2)c1)c1ccc(Cl)cc1F. The van der Waals surface area contributed by atoms with Crippen LogP contribution in [0.3, 0.4) is 0 Å². The van der Waals surface area contributed by atoms with Gasteiger partial charge in [0.25, 0.3) is 10.0 Å². The standard InChI is InChI=1S/C16H13ClFN3O2S/c17-13-6-7-16(15(18)8-13)24(22,23)20-14-9-19-21(11-14)10-12-4-2-1-3-5-12/h1-9,11,20H,10H2. The van der Waals surface area contributed by atoms with Gasteiger partial charge in [-0.3, -0.25) is 9.40 Å². The third kappa shape index (κ3) is 3.74. The van der Waals surface area contributed by atoms with Crippen LogP contribution in [-0.4, -0.2) is 18.2 Å². The monoisotopic (exact) mass is 365 g/mol. The molecule has 3 rings (SSSR count). The Labute approximate surface area is 143 Å². The molecule has 0 fully saturated rings. The molecule has 1 heterocycles. The van der Waals surface area contributed by atoms with Crippen LogP contribution in [0.4, 0.5) is 10.1 Å². The number of benzene rings is 2. The summed E-state index contributed by atoms with van der Waals surface area (Å²) >= 11 is 5.64. The minimum absolute atomic E-state index is 0.127. The average Bonchev–Trinajstić information content (AvgIpc) is 2.94. The van der Waals surface area contributed by atoms with E-state index < -0.39 is 20.7 Å². The van der Waals surface area contributed by atoms with Crippen LogP contribution in [-0.2, 0) is 16.6 Å². The molecule has 0 aliphatic rings. The summed E-state index contributed by atoms with van der Waals surface area (Å²) in [5.74, 6) is -0.910. The van der Waals surface area contributed by atoms with Crippen LogP contribution in [0.5, 0.6) is 0 Å². The number of hydrogen-bond acceptors (Lipinski definition) is 3. The molecule has 0 aliphatic carbocycles. The summed E-state index contributed by atoms with van der Waals surface area (Å²) in [4.78, 5) is -0.470. The summed E-state index contributed by atoms with van der Waals surface area (Å²) in [6.07, 6.45) is 2.91. The highest BCUT2D eigenvalue weighted by Crippen LogP contribution is 2.21. The summed E-state index contributed by atoms with van der Waals surface area (Å²) in [6.45, 7) is 0.498. The summed E-state index contributed by atoms with van der Waals surface area (Å²) in [5, 5.41) is 4.23. The highest BCUT2D eigenvalue weighted by molar-refractivity contribution is 7.92. The van der Waals surface area contributed by atoms with E-state index in [4.69, 9.17) is 11.6 Å². The first kappa shape index (κ1) is 16.5. The van der Waals surface area contributed by atoms with Crippen LogP contribution >= 0.6 is 11.6 Å². The Morgan fingerprint density at radius 2 is 1.92 bits per heavy atom. The second-order valence-electron chi connectivity index (χ2n) is 5.09. The molecular weight excluding hydrogens is 353 g/mol. The van der Waals surface area contributed by atoms with Crippen LogP contribution < -0.4 is 4.72 Å². The van der Waals surface area contributed by atoms with Crippen molar-refractivity contribution in [2.24, 2.45) is 0 Å². The number of rotatable bonds is 5. The zero-order valence-corrected chi connectivity index (χ0v) is 13.9. The largest absolute Gasteiger partial charge is 0.276 e. The number of nitrogens with zero attached hydrogens (tertiary/aromatic N) is 2. The fraction of sp³-hybridized carbons (Fsp3) is 0.0625. The van der Waals surface area contributed by atoms with E-state index in [1.54, 1.807) is 10.9 Å². The number of halogens is 2. The lowest BCUT2D eigenvalue weighted by Gasteiger charge is -2.07. The van der Waals surface area contributed by atoms with Crippen molar-refractivity contribution in [1.82, 2.24) is 9.78 Å². The molecule has 3 aromatic rings. The highest BCUT2D eigenvalue weighted by atomic mass is 35.5. The van der Waals surface area contributed by atoms with E-state index in [1.165, 1.54) is 12.3 Å². The van der Waals surface area contributed by atoms with Crippen molar-refractivity contribution in [3.63, 3.8) is 0 Å². The van der Waals surface area contributed by atoms with E-state index in [1.807, 2.05) is 30.3 Å². The Morgan fingerprint density at radius 1 is 1.17 bits per heavy atom. The van der Waals surface area contributed by atoms with Gasteiger partial charge in [-0.2, -0.15) is 5.10 Å². The molecule has 0 spiro atoms. The maximum atomic E-state index is 13.8. The number of hydrogen-bond donors (Lipinski definition) is 1. The molecule has 5 nitrogen and oxygen atoms in total. The quantitative estimate of drug-likeness (QED) is 0.752. The van der Waals surface area contributed by atoms with Crippen molar-refractivity contribution in [2.45, 2.75) is 11.4 Å². The summed E-state index contributed by atoms with van der Waals surface area (Å²) in [7, 11) is -4.06. The molecule has 0 amide bonds. The number of aromatic nitrogens is 2. The maximum absolute atomic E-state index is 13.8. The minimum atomic E-state index is -4.06. The molecule has 0 saturated heterocycles. The first-order valence-electron chi connectivity index (χ1n) is 6.98. The molecule has 1 N–H and O–H groups in total. The Balaban J connectivity index is 1.78. The predicted molar refractivity (Wildman–Crippen MR) is 90.0 cm³/mol. The van der Waals surface area contributed by atoms with E-state index in [9.17, 15) is 12.8 Å². The molecule has 0 atom stereocenters. The van der Waals surface area contributed by atoms with E-state index >= 15 is 0 Å². The smallest absolute Gasteiger partial charge is 0.264 e. The van der Waals surface area contributed by atoms with Crippen molar-refractivity contribution in [3.05, 3.63) is 77.3 Å². The minimum Gasteiger partial charge on any atom is -0.276 e. The highest BCUT2D eigenvalue weighted by Gasteiger charge is 2.20. The fourth-order valence-electron chi connectivity index (χ4n) is 2.18. The van der Waals surface area contributed by atoms with Crippen molar-refractivity contribution in [3.8, 4) is 0 Å². The number of nitrogens with one attached hydrogen (secondary N) is 1. The summed E-state index contributed by atoms with van der Waals surface area (Å²) < 4.78 is 42.3. The van der Waals surface area contributed by atoms with Crippen LogP contribution in [0, 0.1) is 5.82 Å². The van der Waals surface area contributed by atoms with Gasteiger partial charge >= 0.3 is 0 Å². The lowest BCUT2D eigenvalue weighted by Crippen LogP contribution is -2.14. The van der Waals surface area contributed by atoms with Crippen LogP contribution in [0.15, 0.2) is 65.8 Å². The molecule has 24 heavy (non-hydrogen) atoms. The number of sulfonamides is 1. The maximum Gasteiger partial charge on any atom is 0.264 e. The van der Waals surface area contributed by atoms with Gasteiger partial charge in [0.1, 0.15) is 10.7 Å². The molecule has 0 unspecified atom stereocenters. The predicted octanol–water partition coefficient (Wildman–Crippen LogP) is 3.52. The molecule has 8 heteroatoms. The molecule has 0 radical (unpaired) electrons. The Kier molecular flexibility index (Phi) is 4.55. The van der Waals surface area contributed by atoms with Crippen molar-refractivity contribution in [2.75, 3.05) is 4.72 Å². The van der Waals surface area contributed by atoms with Crippen molar-refractivity contribution >= 4 is 27.3 Å². The van der Waals surface area contributed by atoms with Gasteiger partial charge in [0, 0.05) is 11.2 Å². The topological polar surface area (TPSA) is 64.0 Å². The van der Waals surface area contributed by atoms with Crippen LogP contribution in [0.1, 0.15) is 5.56 Å². The van der Waals surface area contributed by atoms with Gasteiger partial charge in [0.15, 0.2) is 0 Å². The molecular formula is C16H13ClFN3O2S. The lowest BCUT2D eigenvalue weighted by atomic mass is 10.2. The lowest BCUT2D eigenvalue weighted by molar-refractivity contribution is 0.570. The van der Waals surface area contributed by atoms with Crippen molar-refractivity contribution < 1.29 is 12.8 Å². The molecule has 124 valence electrons. The summed E-state index contributed by atoms with van der Waals surface area (Å²) in [5.41, 5.74) is 1.28. The third-order valence-electron chi connectivity index (χ3n) is 3.26. The van der Waals surface area contributed by atoms with Gasteiger partial charge in [-0.15, -0.1) is 0 Å².